The molecule has 1 aliphatic rings. The van der Waals surface area contributed by atoms with Crippen LogP contribution >= 0.6 is 64.7 Å². The van der Waals surface area contributed by atoms with E-state index in [0.717, 1.165) is 5.71 Å². The van der Waals surface area contributed by atoms with Gasteiger partial charge in [0.05, 0.1) is 21.4 Å². The minimum absolute atomic E-state index is 0.0965. The van der Waals surface area contributed by atoms with Crippen molar-refractivity contribution in [3.8, 4) is 5.75 Å². The average Bonchev–Trinajstić information content (AvgIpc) is 2.74. The van der Waals surface area contributed by atoms with Crippen molar-refractivity contribution in [2.45, 2.75) is 10.8 Å². The first-order chi connectivity index (χ1) is 14.0. The molecule has 0 radical (unpaired) electrons. The van der Waals surface area contributed by atoms with E-state index in [-0.39, 0.29) is 57.3 Å². The smallest absolute Gasteiger partial charge is 0.152 e. The van der Waals surface area contributed by atoms with E-state index in [4.69, 9.17) is 28.2 Å². The van der Waals surface area contributed by atoms with E-state index in [2.05, 4.69) is 61.5 Å². The number of phenols is 1. The van der Waals surface area contributed by atoms with Crippen LogP contribution in [0.2, 0.25) is 10.0 Å². The molecule has 2 nitrogen and oxygen atoms in total. The molecule has 0 aliphatic carbocycles. The van der Waals surface area contributed by atoms with E-state index in [1.54, 1.807) is 13.6 Å². The van der Waals surface area contributed by atoms with Crippen LogP contribution in [-0.2, 0) is 0 Å². The second-order valence-corrected chi connectivity index (χ2v) is 15.5. The van der Waals surface area contributed by atoms with Gasteiger partial charge < -0.3 is 5.11 Å². The van der Waals surface area contributed by atoms with Crippen molar-refractivity contribution in [3.63, 3.8) is 0 Å². The van der Waals surface area contributed by atoms with Gasteiger partial charge in [0.1, 0.15) is 0 Å². The number of nitrogens with zero attached hydrogens (tertiary/aromatic N) is 1. The summed E-state index contributed by atoms with van der Waals surface area (Å²) in [6.45, 7) is 2.27. The highest BCUT2D eigenvalue weighted by molar-refractivity contribution is 14.3. The third kappa shape index (κ3) is 4.81. The van der Waals surface area contributed by atoms with Gasteiger partial charge in [0.2, 0.25) is 0 Å². The zero-order valence-corrected chi connectivity index (χ0v) is 21.2. The van der Waals surface area contributed by atoms with E-state index in [0.29, 0.717) is 9.61 Å². The van der Waals surface area contributed by atoms with Crippen molar-refractivity contribution in [1.29, 1.82) is 0 Å². The molecular formula is C23H17Cl2I2NO. The zero-order valence-electron chi connectivity index (χ0n) is 15.4. The van der Waals surface area contributed by atoms with Crippen molar-refractivity contribution in [3.05, 3.63) is 94.0 Å². The molecule has 1 aliphatic heterocycles. The Hall–Kier alpha value is -1.09. The van der Waals surface area contributed by atoms with Crippen molar-refractivity contribution in [2.24, 2.45) is 4.99 Å². The maximum atomic E-state index is 9.87. The van der Waals surface area contributed by atoms with Gasteiger partial charge in [-0.2, -0.15) is 0 Å². The summed E-state index contributed by atoms with van der Waals surface area (Å²) in [6.07, 6.45) is 0. The Morgan fingerprint density at radius 2 is 1.41 bits per heavy atom. The van der Waals surface area contributed by atoms with Gasteiger partial charge in [0.15, 0.2) is 5.75 Å². The molecule has 0 amide bonds. The molecule has 0 fully saturated rings. The summed E-state index contributed by atoms with van der Waals surface area (Å²) in [5, 5.41) is 10.3. The summed E-state index contributed by atoms with van der Waals surface area (Å²) >= 11 is 11.8. The number of alkyl halides is 1. The molecule has 1 N–H and O–H groups in total. The van der Waals surface area contributed by atoms with Gasteiger partial charge in [0.25, 0.3) is 0 Å². The zero-order chi connectivity index (χ0) is 20.4. The van der Waals surface area contributed by atoms with Gasteiger partial charge in [-0.25, -0.2) is 0 Å². The predicted octanol–water partition coefficient (Wildman–Crippen LogP) is 7.51. The summed E-state index contributed by atoms with van der Waals surface area (Å²) in [5.74, 6) is -0.0965. The SMILES string of the molecule is CC1I=C(c2ccccc2)I=C(c2ccccc2)C1=Nc1cc(Cl)c(O)c(Cl)c1. The fourth-order valence-corrected chi connectivity index (χ4v) is 13.6. The van der Waals surface area contributed by atoms with Gasteiger partial charge >= 0.3 is 0 Å². The first kappa shape index (κ1) is 21.2. The van der Waals surface area contributed by atoms with Gasteiger partial charge in [-0.05, 0) is 30.2 Å². The standard InChI is InChI=1S/C23H17Cl2I2NO/c1-14-21(28-17-12-18(24)22(29)19(25)13-17)20(15-8-4-2-5-9-15)27-23(26-14)16-10-6-3-7-11-16/h2-14,29H,1H3. The maximum Gasteiger partial charge on any atom is 0.152 e. The molecule has 29 heavy (non-hydrogen) atoms. The van der Waals surface area contributed by atoms with Gasteiger partial charge in [-0.15, -0.1) is 0 Å². The van der Waals surface area contributed by atoms with Crippen LogP contribution in [0.25, 0.3) is 0 Å². The summed E-state index contributed by atoms with van der Waals surface area (Å²) in [6, 6.07) is 24.6. The molecular weight excluding hydrogens is 631 g/mol. The molecule has 1 unspecified atom stereocenters. The molecule has 1 atom stereocenters. The Balaban J connectivity index is 1.85. The lowest BCUT2D eigenvalue weighted by Gasteiger charge is -2.21. The number of rotatable bonds is 3. The molecule has 0 bridgehead atoms. The van der Waals surface area contributed by atoms with Crippen molar-refractivity contribution < 1.29 is 5.11 Å². The van der Waals surface area contributed by atoms with Crippen molar-refractivity contribution >= 4 is 81.1 Å². The van der Waals surface area contributed by atoms with Crippen LogP contribution in [0.1, 0.15) is 18.1 Å². The fraction of sp³-hybridized carbons (Fsp3) is 0.0870. The van der Waals surface area contributed by atoms with E-state index in [9.17, 15) is 5.11 Å². The second-order valence-electron chi connectivity index (χ2n) is 6.38. The lowest BCUT2D eigenvalue weighted by Crippen LogP contribution is -2.25. The normalized spacial score (nSPS) is 18.3. The number of hydrogen-bond donors (Lipinski definition) is 1. The van der Waals surface area contributed by atoms with Crippen LogP contribution in [0, 0.1) is 0 Å². The predicted molar refractivity (Wildman–Crippen MR) is 144 cm³/mol. The van der Waals surface area contributed by atoms with E-state index >= 15 is 0 Å². The Labute approximate surface area is 200 Å². The number of aromatic hydroxyl groups is 1. The second kappa shape index (κ2) is 9.37. The number of halogens is 4. The first-order valence-corrected chi connectivity index (χ1v) is 14.2. The first-order valence-electron chi connectivity index (χ1n) is 8.93. The maximum absolute atomic E-state index is 9.87. The molecule has 1 heterocycles. The minimum atomic E-state index is -0.326. The largest absolute Gasteiger partial charge is 0.505 e. The highest BCUT2D eigenvalue weighted by atomic mass is 127. The Bertz CT molecular complexity index is 1120. The number of aliphatic imine (C=N–C) groups is 1. The molecule has 0 saturated heterocycles. The minimum Gasteiger partial charge on any atom is -0.505 e. The monoisotopic (exact) mass is 647 g/mol. The quantitative estimate of drug-likeness (QED) is 0.232. The molecule has 4 rings (SSSR count). The Morgan fingerprint density at radius 1 is 0.862 bits per heavy atom. The van der Waals surface area contributed by atoms with Crippen LogP contribution in [0.3, 0.4) is 0 Å². The summed E-state index contributed by atoms with van der Waals surface area (Å²) in [7, 11) is 0. The van der Waals surface area contributed by atoms with Crippen molar-refractivity contribution in [1.82, 2.24) is 0 Å². The topological polar surface area (TPSA) is 32.6 Å². The summed E-state index contributed by atoms with van der Waals surface area (Å²) in [4.78, 5) is 4.99. The molecule has 6 heteroatoms. The van der Waals surface area contributed by atoms with Gasteiger partial charge in [0, 0.05) is 8.95 Å². The number of phenolic OH excluding ortho intramolecular Hbond substituents is 1. The average molecular weight is 648 g/mol. The van der Waals surface area contributed by atoms with Gasteiger partial charge in [-0.1, -0.05) is 125 Å². The van der Waals surface area contributed by atoms with E-state index in [1.165, 1.54) is 14.6 Å². The summed E-state index contributed by atoms with van der Waals surface area (Å²) < 4.78 is 3.36. The molecule has 3 aromatic carbocycles. The molecule has 148 valence electrons. The Morgan fingerprint density at radius 3 is 2.00 bits per heavy atom. The highest BCUT2D eigenvalue weighted by Crippen LogP contribution is 2.38. The van der Waals surface area contributed by atoms with Crippen LogP contribution in [0.4, 0.5) is 5.69 Å². The van der Waals surface area contributed by atoms with Gasteiger partial charge in [-0.3, -0.25) is 4.99 Å². The number of benzene rings is 3. The summed E-state index contributed by atoms with van der Waals surface area (Å²) in [5.41, 5.74) is 4.43. The number of hydrogen-bond acceptors (Lipinski definition) is 2. The van der Waals surface area contributed by atoms with Crippen LogP contribution < -0.4 is 0 Å². The lowest BCUT2D eigenvalue weighted by atomic mass is 10.1. The molecule has 0 saturated carbocycles. The lowest BCUT2D eigenvalue weighted by molar-refractivity contribution is 0.476. The van der Waals surface area contributed by atoms with Crippen LogP contribution in [0.15, 0.2) is 77.8 Å². The van der Waals surface area contributed by atoms with Crippen LogP contribution in [0.5, 0.6) is 5.75 Å². The third-order valence-corrected chi connectivity index (χ3v) is 13.3. The molecule has 3 aromatic rings. The fourth-order valence-electron chi connectivity index (χ4n) is 2.88. The molecule has 0 aromatic heterocycles. The van der Waals surface area contributed by atoms with Crippen molar-refractivity contribution in [2.75, 3.05) is 0 Å². The van der Waals surface area contributed by atoms with E-state index < -0.39 is 0 Å². The third-order valence-electron chi connectivity index (χ3n) is 4.31. The highest BCUT2D eigenvalue weighted by Gasteiger charge is 2.23. The van der Waals surface area contributed by atoms with Crippen LogP contribution in [-0.4, -0.2) is 19.8 Å². The van der Waals surface area contributed by atoms with E-state index in [1.807, 2.05) is 6.07 Å². The molecule has 0 spiro atoms. The Kier molecular flexibility index (Phi) is 6.83.